The molecule has 1 heterocycles. The number of hydrogen-bond acceptors (Lipinski definition) is 4. The van der Waals surface area contributed by atoms with E-state index in [4.69, 9.17) is 21.1 Å². The van der Waals surface area contributed by atoms with E-state index in [-0.39, 0.29) is 12.6 Å². The van der Waals surface area contributed by atoms with Gasteiger partial charge < -0.3 is 20.1 Å². The van der Waals surface area contributed by atoms with Gasteiger partial charge in [-0.05, 0) is 37.1 Å². The monoisotopic (exact) mass is 352 g/mol. The molecule has 0 unspecified atom stereocenters. The second kappa shape index (κ2) is 7.51. The lowest BCUT2D eigenvalue weighted by molar-refractivity contribution is -0.186. The summed E-state index contributed by atoms with van der Waals surface area (Å²) in [5, 5.41) is 5.68. The number of ether oxygens (including phenoxy) is 2. The predicted octanol–water partition coefficient (Wildman–Crippen LogP) is 2.47. The molecule has 2 N–H and O–H groups in total. The molecule has 1 atom stereocenters. The molecule has 0 bridgehead atoms. The molecule has 2 aliphatic rings. The van der Waals surface area contributed by atoms with Crippen LogP contribution >= 0.6 is 11.6 Å². The molecule has 7 heteroatoms. The standard InChI is InChI=1S/C17H21ClN2O4/c18-12-4-6-13(7-5-12)20-16(22)15(21)19-10-14-11-23-17(24-14)8-2-1-3-9-17/h4-7,14H,1-3,8-11H2,(H,19,21)(H,20,22)/t14-/m0/s1. The van der Waals surface area contributed by atoms with Gasteiger partial charge in [0.15, 0.2) is 5.79 Å². The highest BCUT2D eigenvalue weighted by Gasteiger charge is 2.42. The van der Waals surface area contributed by atoms with Crippen LogP contribution in [0.25, 0.3) is 0 Å². The van der Waals surface area contributed by atoms with Gasteiger partial charge in [0.1, 0.15) is 6.10 Å². The van der Waals surface area contributed by atoms with Crippen LogP contribution in [0, 0.1) is 0 Å². The van der Waals surface area contributed by atoms with E-state index < -0.39 is 17.6 Å². The zero-order valence-corrected chi connectivity index (χ0v) is 14.1. The molecule has 130 valence electrons. The van der Waals surface area contributed by atoms with Gasteiger partial charge in [-0.3, -0.25) is 9.59 Å². The third kappa shape index (κ3) is 4.26. The van der Waals surface area contributed by atoms with Gasteiger partial charge in [0.2, 0.25) is 0 Å². The van der Waals surface area contributed by atoms with Crippen molar-refractivity contribution in [3.63, 3.8) is 0 Å². The molecule has 2 amide bonds. The molecule has 1 aliphatic heterocycles. The number of anilines is 1. The Kier molecular flexibility index (Phi) is 5.38. The summed E-state index contributed by atoms with van der Waals surface area (Å²) in [5.41, 5.74) is 0.515. The average Bonchev–Trinajstić information content (AvgIpc) is 2.98. The largest absolute Gasteiger partial charge is 0.347 e. The van der Waals surface area contributed by atoms with Gasteiger partial charge in [-0.15, -0.1) is 0 Å². The predicted molar refractivity (Wildman–Crippen MR) is 89.7 cm³/mol. The van der Waals surface area contributed by atoms with Crippen molar-refractivity contribution in [2.24, 2.45) is 0 Å². The van der Waals surface area contributed by atoms with Crippen molar-refractivity contribution >= 4 is 29.1 Å². The highest BCUT2D eigenvalue weighted by molar-refractivity contribution is 6.39. The van der Waals surface area contributed by atoms with Crippen molar-refractivity contribution in [2.45, 2.75) is 44.0 Å². The molecule has 0 aromatic heterocycles. The van der Waals surface area contributed by atoms with Crippen molar-refractivity contribution in [3.05, 3.63) is 29.3 Å². The van der Waals surface area contributed by atoms with Crippen LogP contribution in [-0.2, 0) is 19.1 Å². The summed E-state index contributed by atoms with van der Waals surface area (Å²) < 4.78 is 11.8. The number of amides is 2. The highest BCUT2D eigenvalue weighted by Crippen LogP contribution is 2.37. The summed E-state index contributed by atoms with van der Waals surface area (Å²) in [6, 6.07) is 6.55. The van der Waals surface area contributed by atoms with E-state index in [1.807, 2.05) is 0 Å². The molecular formula is C17H21ClN2O4. The molecule has 3 rings (SSSR count). The number of rotatable bonds is 3. The average molecular weight is 353 g/mol. The molecule has 1 saturated carbocycles. The third-order valence-corrected chi connectivity index (χ3v) is 4.58. The molecule has 1 saturated heterocycles. The van der Waals surface area contributed by atoms with Crippen molar-refractivity contribution < 1.29 is 19.1 Å². The first-order valence-electron chi connectivity index (χ1n) is 8.23. The maximum atomic E-state index is 11.9. The zero-order chi connectivity index (χ0) is 17.0. The summed E-state index contributed by atoms with van der Waals surface area (Å²) in [5.74, 6) is -1.89. The molecule has 2 fully saturated rings. The number of benzene rings is 1. The fraction of sp³-hybridized carbons (Fsp3) is 0.529. The van der Waals surface area contributed by atoms with E-state index >= 15 is 0 Å². The summed E-state index contributed by atoms with van der Waals surface area (Å²) >= 11 is 5.78. The van der Waals surface area contributed by atoms with E-state index in [1.165, 1.54) is 6.42 Å². The summed E-state index contributed by atoms with van der Waals surface area (Å²) in [7, 11) is 0. The lowest BCUT2D eigenvalue weighted by atomic mass is 9.94. The Bertz CT molecular complexity index is 599. The van der Waals surface area contributed by atoms with E-state index in [0.717, 1.165) is 25.7 Å². The number of nitrogens with one attached hydrogen (secondary N) is 2. The highest BCUT2D eigenvalue weighted by atomic mass is 35.5. The maximum absolute atomic E-state index is 11.9. The zero-order valence-electron chi connectivity index (χ0n) is 13.3. The second-order valence-corrected chi connectivity index (χ2v) is 6.63. The normalized spacial score (nSPS) is 22.3. The van der Waals surface area contributed by atoms with Crippen LogP contribution in [0.15, 0.2) is 24.3 Å². The van der Waals surface area contributed by atoms with E-state index in [2.05, 4.69) is 10.6 Å². The molecular weight excluding hydrogens is 332 g/mol. The number of halogens is 1. The number of carbonyl (C=O) groups is 2. The van der Waals surface area contributed by atoms with Gasteiger partial charge in [0.25, 0.3) is 0 Å². The maximum Gasteiger partial charge on any atom is 0.313 e. The van der Waals surface area contributed by atoms with Gasteiger partial charge in [-0.25, -0.2) is 0 Å². The van der Waals surface area contributed by atoms with Gasteiger partial charge >= 0.3 is 11.8 Å². The molecule has 1 spiro atoms. The first kappa shape index (κ1) is 17.2. The van der Waals surface area contributed by atoms with E-state index in [9.17, 15) is 9.59 Å². The SMILES string of the molecule is O=C(NC[C@H]1COC2(CCCCC2)O1)C(=O)Nc1ccc(Cl)cc1. The molecule has 6 nitrogen and oxygen atoms in total. The molecule has 1 aliphatic carbocycles. The Hall–Kier alpha value is -1.63. The minimum absolute atomic E-state index is 0.213. The Balaban J connectivity index is 1.43. The fourth-order valence-corrected chi connectivity index (χ4v) is 3.20. The first-order chi connectivity index (χ1) is 11.6. The van der Waals surface area contributed by atoms with Crippen LogP contribution in [-0.4, -0.2) is 36.9 Å². The summed E-state index contributed by atoms with van der Waals surface area (Å²) in [6.45, 7) is 0.702. The number of hydrogen-bond donors (Lipinski definition) is 2. The van der Waals surface area contributed by atoms with Gasteiger partial charge in [-0.2, -0.15) is 0 Å². The van der Waals surface area contributed by atoms with Gasteiger partial charge in [-0.1, -0.05) is 18.0 Å². The van der Waals surface area contributed by atoms with Crippen LogP contribution in [0.1, 0.15) is 32.1 Å². The lowest BCUT2D eigenvalue weighted by Crippen LogP contribution is -2.41. The quantitative estimate of drug-likeness (QED) is 0.819. The van der Waals surface area contributed by atoms with Crippen molar-refractivity contribution in [1.29, 1.82) is 0 Å². The van der Waals surface area contributed by atoms with Crippen molar-refractivity contribution in [1.82, 2.24) is 5.32 Å². The molecule has 24 heavy (non-hydrogen) atoms. The van der Waals surface area contributed by atoms with Crippen LogP contribution < -0.4 is 10.6 Å². The van der Waals surface area contributed by atoms with Gasteiger partial charge in [0.05, 0.1) is 6.61 Å². The van der Waals surface area contributed by atoms with Crippen LogP contribution in [0.2, 0.25) is 5.02 Å². The van der Waals surface area contributed by atoms with E-state index in [1.54, 1.807) is 24.3 Å². The van der Waals surface area contributed by atoms with Crippen LogP contribution in [0.5, 0.6) is 0 Å². The Morgan fingerprint density at radius 2 is 1.83 bits per heavy atom. The molecule has 1 aromatic rings. The van der Waals surface area contributed by atoms with Crippen molar-refractivity contribution in [3.8, 4) is 0 Å². The second-order valence-electron chi connectivity index (χ2n) is 6.19. The first-order valence-corrected chi connectivity index (χ1v) is 8.61. The Labute approximate surface area is 145 Å². The summed E-state index contributed by atoms with van der Waals surface area (Å²) in [4.78, 5) is 23.8. The Morgan fingerprint density at radius 3 is 2.54 bits per heavy atom. The Morgan fingerprint density at radius 1 is 1.12 bits per heavy atom. The molecule has 0 radical (unpaired) electrons. The molecule has 1 aromatic carbocycles. The van der Waals surface area contributed by atoms with Gasteiger partial charge in [0, 0.05) is 30.1 Å². The lowest BCUT2D eigenvalue weighted by Gasteiger charge is -2.31. The third-order valence-electron chi connectivity index (χ3n) is 4.33. The van der Waals surface area contributed by atoms with Crippen LogP contribution in [0.4, 0.5) is 5.69 Å². The van der Waals surface area contributed by atoms with E-state index in [0.29, 0.717) is 17.3 Å². The smallest absolute Gasteiger partial charge is 0.313 e. The van der Waals surface area contributed by atoms with Crippen LogP contribution in [0.3, 0.4) is 0 Å². The minimum Gasteiger partial charge on any atom is -0.347 e. The summed E-state index contributed by atoms with van der Waals surface area (Å²) in [6.07, 6.45) is 4.99. The topological polar surface area (TPSA) is 76.7 Å². The minimum atomic E-state index is -0.719. The fourth-order valence-electron chi connectivity index (χ4n) is 3.08. The number of carbonyl (C=O) groups excluding carboxylic acids is 2. The van der Waals surface area contributed by atoms with Crippen molar-refractivity contribution in [2.75, 3.05) is 18.5 Å².